The summed E-state index contributed by atoms with van der Waals surface area (Å²) in [5.41, 5.74) is 2.45. The third kappa shape index (κ3) is 5.06. The molecule has 1 heterocycles. The normalized spacial score (nSPS) is 17.7. The van der Waals surface area contributed by atoms with Crippen molar-refractivity contribution in [1.82, 2.24) is 10.6 Å². The predicted molar refractivity (Wildman–Crippen MR) is 84.8 cm³/mol. The van der Waals surface area contributed by atoms with Crippen molar-refractivity contribution >= 4 is 11.8 Å². The molecule has 5 nitrogen and oxygen atoms in total. The van der Waals surface area contributed by atoms with Gasteiger partial charge in [-0.25, -0.2) is 0 Å². The highest BCUT2D eigenvalue weighted by atomic mass is 16.5. The first kappa shape index (κ1) is 16.3. The number of aryl methyl sites for hydroxylation is 2. The molecule has 1 atom stereocenters. The summed E-state index contributed by atoms with van der Waals surface area (Å²) in [4.78, 5) is 22.9. The van der Waals surface area contributed by atoms with Gasteiger partial charge in [0.2, 0.25) is 11.8 Å². The van der Waals surface area contributed by atoms with E-state index < -0.39 is 0 Å². The van der Waals surface area contributed by atoms with E-state index in [2.05, 4.69) is 24.5 Å². The van der Waals surface area contributed by atoms with Crippen LogP contribution >= 0.6 is 0 Å². The summed E-state index contributed by atoms with van der Waals surface area (Å²) >= 11 is 0. The van der Waals surface area contributed by atoms with Gasteiger partial charge in [-0.3, -0.25) is 9.59 Å². The minimum atomic E-state index is 0.0184. The Morgan fingerprint density at radius 1 is 1.36 bits per heavy atom. The third-order valence-corrected chi connectivity index (χ3v) is 3.93. The van der Waals surface area contributed by atoms with Gasteiger partial charge in [0.05, 0.1) is 6.61 Å². The van der Waals surface area contributed by atoms with E-state index in [-0.39, 0.29) is 17.9 Å². The van der Waals surface area contributed by atoms with E-state index in [9.17, 15) is 9.59 Å². The largest absolute Gasteiger partial charge is 0.494 e. The first-order valence-electron chi connectivity index (χ1n) is 7.80. The minimum Gasteiger partial charge on any atom is -0.494 e. The van der Waals surface area contributed by atoms with Crippen LogP contribution in [-0.4, -0.2) is 31.0 Å². The van der Waals surface area contributed by atoms with Crippen molar-refractivity contribution in [2.45, 2.75) is 45.6 Å². The van der Waals surface area contributed by atoms with Crippen molar-refractivity contribution in [3.63, 3.8) is 0 Å². The second-order valence-corrected chi connectivity index (χ2v) is 5.81. The van der Waals surface area contributed by atoms with Gasteiger partial charge in [-0.05, 0) is 49.9 Å². The van der Waals surface area contributed by atoms with Crippen molar-refractivity contribution in [3.05, 3.63) is 29.3 Å². The van der Waals surface area contributed by atoms with Crippen LogP contribution in [0.4, 0.5) is 0 Å². The molecule has 0 aliphatic carbocycles. The average Bonchev–Trinajstić information content (AvgIpc) is 2.49. The Bertz CT molecular complexity index is 533. The summed E-state index contributed by atoms with van der Waals surface area (Å²) in [5.74, 6) is 0.927. The van der Waals surface area contributed by atoms with Gasteiger partial charge in [0.15, 0.2) is 0 Å². The second kappa shape index (κ2) is 7.82. The smallest absolute Gasteiger partial charge is 0.220 e. The van der Waals surface area contributed by atoms with Crippen LogP contribution in [0.15, 0.2) is 18.2 Å². The second-order valence-electron chi connectivity index (χ2n) is 5.81. The van der Waals surface area contributed by atoms with E-state index in [4.69, 9.17) is 4.74 Å². The molecule has 5 heteroatoms. The molecule has 2 N–H and O–H groups in total. The molecule has 22 heavy (non-hydrogen) atoms. The predicted octanol–water partition coefficient (Wildman–Crippen LogP) is 1.86. The number of carbonyl (C=O) groups is 2. The van der Waals surface area contributed by atoms with Gasteiger partial charge in [0.1, 0.15) is 5.75 Å². The lowest BCUT2D eigenvalue weighted by molar-refractivity contribution is -0.125. The van der Waals surface area contributed by atoms with Crippen LogP contribution in [0.3, 0.4) is 0 Å². The minimum absolute atomic E-state index is 0.0184. The van der Waals surface area contributed by atoms with E-state index in [1.807, 2.05) is 18.2 Å². The van der Waals surface area contributed by atoms with Crippen LogP contribution in [0.1, 0.15) is 36.8 Å². The molecule has 1 aromatic carbocycles. The number of piperidine rings is 1. The lowest BCUT2D eigenvalue weighted by Crippen LogP contribution is -2.47. The number of ether oxygens (including phenoxy) is 1. The Kier molecular flexibility index (Phi) is 5.81. The Morgan fingerprint density at radius 3 is 2.86 bits per heavy atom. The van der Waals surface area contributed by atoms with Gasteiger partial charge in [-0.2, -0.15) is 0 Å². The molecule has 2 amide bonds. The van der Waals surface area contributed by atoms with Crippen molar-refractivity contribution < 1.29 is 14.3 Å². The number of rotatable bonds is 6. The standard InChI is InChI=1S/C17H24N2O3/c1-12-5-7-15(10-13(12)2)22-9-3-4-17(21)19-14-6-8-16(20)18-11-14/h5,7,10,14H,3-4,6,8-9,11H2,1-2H3,(H,18,20)(H,19,21)/t14-/m1/s1. The molecule has 1 aliphatic heterocycles. The Morgan fingerprint density at radius 2 is 2.18 bits per heavy atom. The maximum Gasteiger partial charge on any atom is 0.220 e. The number of nitrogens with one attached hydrogen (secondary N) is 2. The van der Waals surface area contributed by atoms with E-state index in [1.165, 1.54) is 11.1 Å². The lowest BCUT2D eigenvalue weighted by atomic mass is 10.1. The summed E-state index contributed by atoms with van der Waals surface area (Å²) in [6.45, 7) is 5.18. The molecule has 0 unspecified atom stereocenters. The zero-order valence-electron chi connectivity index (χ0n) is 13.3. The Balaban J connectivity index is 1.62. The summed E-state index contributed by atoms with van der Waals surface area (Å²) in [5, 5.41) is 5.70. The van der Waals surface area contributed by atoms with Crippen molar-refractivity contribution in [1.29, 1.82) is 0 Å². The quantitative estimate of drug-likeness (QED) is 0.788. The average molecular weight is 304 g/mol. The molecule has 2 rings (SSSR count). The van der Waals surface area contributed by atoms with Crippen molar-refractivity contribution in [2.75, 3.05) is 13.2 Å². The molecular formula is C17H24N2O3. The number of amides is 2. The van der Waals surface area contributed by atoms with Gasteiger partial charge in [0.25, 0.3) is 0 Å². The molecule has 1 saturated heterocycles. The molecule has 1 aromatic rings. The number of benzene rings is 1. The van der Waals surface area contributed by atoms with E-state index >= 15 is 0 Å². The highest BCUT2D eigenvalue weighted by Gasteiger charge is 2.19. The van der Waals surface area contributed by atoms with Crippen molar-refractivity contribution in [2.24, 2.45) is 0 Å². The molecule has 1 aliphatic rings. The monoisotopic (exact) mass is 304 g/mol. The summed E-state index contributed by atoms with van der Waals surface area (Å²) in [7, 11) is 0. The Labute approximate surface area is 131 Å². The van der Waals surface area contributed by atoms with Gasteiger partial charge >= 0.3 is 0 Å². The molecule has 120 valence electrons. The highest BCUT2D eigenvalue weighted by Crippen LogP contribution is 2.16. The fourth-order valence-corrected chi connectivity index (χ4v) is 2.38. The Hall–Kier alpha value is -2.04. The zero-order valence-corrected chi connectivity index (χ0v) is 13.3. The van der Waals surface area contributed by atoms with Crippen molar-refractivity contribution in [3.8, 4) is 5.75 Å². The lowest BCUT2D eigenvalue weighted by Gasteiger charge is -2.23. The summed E-state index contributed by atoms with van der Waals surface area (Å²) in [6, 6.07) is 6.06. The maximum absolute atomic E-state index is 11.8. The van der Waals surface area contributed by atoms with Gasteiger partial charge in [0, 0.05) is 25.4 Å². The van der Waals surface area contributed by atoms with Crippen LogP contribution in [0.2, 0.25) is 0 Å². The fraction of sp³-hybridized carbons (Fsp3) is 0.529. The molecule has 1 fully saturated rings. The molecule has 0 radical (unpaired) electrons. The number of hydrogen-bond donors (Lipinski definition) is 2. The van der Waals surface area contributed by atoms with E-state index in [1.54, 1.807) is 0 Å². The van der Waals surface area contributed by atoms with Crippen LogP contribution in [0, 0.1) is 13.8 Å². The first-order valence-corrected chi connectivity index (χ1v) is 7.80. The molecular weight excluding hydrogens is 280 g/mol. The number of hydrogen-bond acceptors (Lipinski definition) is 3. The molecule has 0 aromatic heterocycles. The third-order valence-electron chi connectivity index (χ3n) is 3.93. The topological polar surface area (TPSA) is 67.4 Å². The van der Waals surface area contributed by atoms with Gasteiger partial charge in [-0.15, -0.1) is 0 Å². The molecule has 0 spiro atoms. The van der Waals surface area contributed by atoms with E-state index in [0.717, 1.165) is 12.2 Å². The zero-order chi connectivity index (χ0) is 15.9. The summed E-state index contributed by atoms with van der Waals surface area (Å²) in [6.07, 6.45) is 2.32. The van der Waals surface area contributed by atoms with Crippen LogP contribution in [-0.2, 0) is 9.59 Å². The van der Waals surface area contributed by atoms with Crippen LogP contribution in [0.5, 0.6) is 5.75 Å². The van der Waals surface area contributed by atoms with Crippen LogP contribution < -0.4 is 15.4 Å². The van der Waals surface area contributed by atoms with E-state index in [0.29, 0.717) is 32.4 Å². The van der Waals surface area contributed by atoms with Gasteiger partial charge in [-0.1, -0.05) is 6.07 Å². The maximum atomic E-state index is 11.8. The molecule has 0 saturated carbocycles. The SMILES string of the molecule is Cc1ccc(OCCCC(=O)N[C@@H]2CCC(=O)NC2)cc1C. The summed E-state index contributed by atoms with van der Waals surface area (Å²) < 4.78 is 5.66. The molecule has 0 bridgehead atoms. The van der Waals surface area contributed by atoms with Crippen LogP contribution in [0.25, 0.3) is 0 Å². The van der Waals surface area contributed by atoms with Gasteiger partial charge < -0.3 is 15.4 Å². The highest BCUT2D eigenvalue weighted by molar-refractivity contribution is 5.78. The first-order chi connectivity index (χ1) is 10.5. The fourth-order valence-electron chi connectivity index (χ4n) is 2.38. The number of carbonyl (C=O) groups excluding carboxylic acids is 2.